The third-order valence-electron chi connectivity index (χ3n) is 1.74. The van der Waals surface area contributed by atoms with Crippen molar-refractivity contribution in [1.82, 2.24) is 4.90 Å². The van der Waals surface area contributed by atoms with Crippen LogP contribution in [-0.2, 0) is 15.8 Å². The molecule has 0 bridgehead atoms. The Morgan fingerprint density at radius 1 is 1.58 bits per heavy atom. The summed E-state index contributed by atoms with van der Waals surface area (Å²) in [5.74, 6) is 0. The maximum atomic E-state index is 10.3. The number of β-amino-alcohol motifs (C(OH)–C–C–N with tert-alkyl or cyclic N) is 1. The lowest BCUT2D eigenvalue weighted by Gasteiger charge is -2.28. The Bertz CT molecular complexity index is 160. The predicted molar refractivity (Wildman–Crippen MR) is 42.2 cm³/mol. The Morgan fingerprint density at radius 3 is 2.67 bits per heavy atom. The first-order valence-electron chi connectivity index (χ1n) is 3.76. The molecule has 2 unspecified atom stereocenters. The summed E-state index contributed by atoms with van der Waals surface area (Å²) in [5.41, 5.74) is -1.27. The third kappa shape index (κ3) is 3.16. The first kappa shape index (κ1) is 10.1. The Morgan fingerprint density at radius 2 is 2.17 bits per heavy atom. The van der Waals surface area contributed by atoms with Crippen LogP contribution >= 0.6 is 0 Å². The second-order valence-corrected chi connectivity index (χ2v) is 3.69. The van der Waals surface area contributed by atoms with Gasteiger partial charge in [-0.1, -0.05) is 0 Å². The Labute approximate surface area is 73.6 Å². The zero-order valence-corrected chi connectivity index (χ0v) is 7.46. The first-order valence-corrected chi connectivity index (χ1v) is 4.90. The van der Waals surface area contributed by atoms with E-state index in [1.54, 1.807) is 0 Å². The van der Waals surface area contributed by atoms with Crippen LogP contribution in [0.4, 0.5) is 0 Å². The molecule has 1 heterocycles. The van der Waals surface area contributed by atoms with E-state index in [9.17, 15) is 8.76 Å². The second kappa shape index (κ2) is 4.88. The molecule has 1 saturated heterocycles. The highest BCUT2D eigenvalue weighted by Gasteiger charge is 2.14. The summed E-state index contributed by atoms with van der Waals surface area (Å²) in [6, 6.07) is 0. The normalized spacial score (nSPS) is 25.2. The summed E-state index contributed by atoms with van der Waals surface area (Å²) in [6.07, 6.45) is 0. The number of morpholine rings is 1. The van der Waals surface area contributed by atoms with Crippen molar-refractivity contribution in [3.63, 3.8) is 0 Å². The molecular weight excluding hydrogens is 182 g/mol. The lowest BCUT2D eigenvalue weighted by atomic mass is 10.4. The molecule has 0 aromatic carbocycles. The van der Waals surface area contributed by atoms with E-state index in [1.807, 2.05) is 4.90 Å². The van der Waals surface area contributed by atoms with Crippen molar-refractivity contribution < 1.29 is 18.6 Å². The minimum Gasteiger partial charge on any atom is -0.770 e. The molecule has 0 amide bonds. The lowest BCUT2D eigenvalue weighted by Crippen LogP contribution is -2.42. The van der Waals surface area contributed by atoms with Crippen LogP contribution in [0.5, 0.6) is 0 Å². The van der Waals surface area contributed by atoms with Gasteiger partial charge in [-0.3, -0.25) is 9.11 Å². The SMILES string of the molecule is O=S([O-])C(O)CN1CCOCC1. The molecule has 6 heteroatoms. The topological polar surface area (TPSA) is 72.8 Å². The molecule has 0 aliphatic carbocycles. The smallest absolute Gasteiger partial charge is 0.128 e. The quantitative estimate of drug-likeness (QED) is 0.554. The largest absolute Gasteiger partial charge is 0.770 e. The molecule has 1 rings (SSSR count). The minimum atomic E-state index is -2.39. The maximum Gasteiger partial charge on any atom is 0.128 e. The van der Waals surface area contributed by atoms with Crippen LogP contribution < -0.4 is 0 Å². The number of aliphatic hydroxyl groups excluding tert-OH is 1. The van der Waals surface area contributed by atoms with Gasteiger partial charge >= 0.3 is 0 Å². The van der Waals surface area contributed by atoms with Crippen LogP contribution in [0, 0.1) is 0 Å². The molecule has 1 aliphatic rings. The van der Waals surface area contributed by atoms with Crippen LogP contribution in [0.15, 0.2) is 0 Å². The summed E-state index contributed by atoms with van der Waals surface area (Å²) in [7, 11) is 0. The monoisotopic (exact) mass is 194 g/mol. The predicted octanol–water partition coefficient (Wildman–Crippen LogP) is -1.48. The molecule has 5 nitrogen and oxygen atoms in total. The van der Waals surface area contributed by atoms with Gasteiger partial charge < -0.3 is 14.4 Å². The van der Waals surface area contributed by atoms with E-state index < -0.39 is 16.5 Å². The molecule has 1 fully saturated rings. The van der Waals surface area contributed by atoms with Crippen LogP contribution in [0.25, 0.3) is 0 Å². The average molecular weight is 194 g/mol. The summed E-state index contributed by atoms with van der Waals surface area (Å²) in [4.78, 5) is 1.87. The first-order chi connectivity index (χ1) is 5.70. The standard InChI is InChI=1S/C6H13NO4S/c8-6(12(9)10)5-7-1-3-11-4-2-7/h6,8H,1-5H2,(H,9,10)/p-1. The third-order valence-corrected chi connectivity index (χ3v) is 2.33. The van der Waals surface area contributed by atoms with Gasteiger partial charge in [-0.05, 0) is 11.1 Å². The number of hydrogen-bond donors (Lipinski definition) is 1. The molecule has 0 aromatic heterocycles. The van der Waals surface area contributed by atoms with Gasteiger partial charge in [0, 0.05) is 19.6 Å². The van der Waals surface area contributed by atoms with Crippen LogP contribution in [-0.4, -0.2) is 57.1 Å². The van der Waals surface area contributed by atoms with Crippen molar-refractivity contribution in [2.75, 3.05) is 32.8 Å². The summed E-state index contributed by atoms with van der Waals surface area (Å²) in [6.45, 7) is 2.78. The van der Waals surface area contributed by atoms with Crippen LogP contribution in [0.3, 0.4) is 0 Å². The molecule has 72 valence electrons. The van der Waals surface area contributed by atoms with Gasteiger partial charge in [0.25, 0.3) is 0 Å². The van der Waals surface area contributed by atoms with E-state index >= 15 is 0 Å². The maximum absolute atomic E-state index is 10.3. The number of aliphatic hydroxyl groups is 1. The number of ether oxygens (including phenoxy) is 1. The van der Waals surface area contributed by atoms with E-state index in [0.717, 1.165) is 0 Å². The molecule has 0 saturated carbocycles. The van der Waals surface area contributed by atoms with Crippen molar-refractivity contribution in [3.8, 4) is 0 Å². The van der Waals surface area contributed by atoms with Crippen molar-refractivity contribution >= 4 is 11.1 Å². The van der Waals surface area contributed by atoms with Gasteiger partial charge in [0.1, 0.15) is 5.44 Å². The Balaban J connectivity index is 2.24. The van der Waals surface area contributed by atoms with Crippen molar-refractivity contribution in [3.05, 3.63) is 0 Å². The number of rotatable bonds is 3. The molecule has 0 radical (unpaired) electrons. The van der Waals surface area contributed by atoms with Crippen LogP contribution in [0.2, 0.25) is 0 Å². The Hall–Kier alpha value is -0.0100. The molecule has 0 aromatic rings. The van der Waals surface area contributed by atoms with Gasteiger partial charge in [0.2, 0.25) is 0 Å². The molecular formula is C6H12NO4S-. The summed E-state index contributed by atoms with van der Waals surface area (Å²) < 4.78 is 25.6. The van der Waals surface area contributed by atoms with Crippen molar-refractivity contribution in [2.24, 2.45) is 0 Å². The van der Waals surface area contributed by atoms with Gasteiger partial charge in [-0.15, -0.1) is 0 Å². The van der Waals surface area contributed by atoms with E-state index in [1.165, 1.54) is 0 Å². The molecule has 2 atom stereocenters. The van der Waals surface area contributed by atoms with Crippen molar-refractivity contribution in [1.29, 1.82) is 0 Å². The van der Waals surface area contributed by atoms with Gasteiger partial charge in [-0.25, -0.2) is 0 Å². The minimum absolute atomic E-state index is 0.180. The van der Waals surface area contributed by atoms with E-state index in [-0.39, 0.29) is 6.54 Å². The highest BCUT2D eigenvalue weighted by molar-refractivity contribution is 7.79. The van der Waals surface area contributed by atoms with Gasteiger partial charge in [-0.2, -0.15) is 0 Å². The second-order valence-electron chi connectivity index (χ2n) is 2.63. The summed E-state index contributed by atoms with van der Waals surface area (Å²) >= 11 is -2.39. The fourth-order valence-corrected chi connectivity index (χ4v) is 1.40. The van der Waals surface area contributed by atoms with Gasteiger partial charge in [0.15, 0.2) is 0 Å². The van der Waals surface area contributed by atoms with Crippen LogP contribution in [0.1, 0.15) is 0 Å². The zero-order chi connectivity index (χ0) is 8.97. The van der Waals surface area contributed by atoms with E-state index in [0.29, 0.717) is 26.3 Å². The van der Waals surface area contributed by atoms with Crippen molar-refractivity contribution in [2.45, 2.75) is 5.44 Å². The average Bonchev–Trinajstić information content (AvgIpc) is 2.06. The Kier molecular flexibility index (Phi) is 4.10. The lowest BCUT2D eigenvalue weighted by molar-refractivity contribution is 0.0258. The number of nitrogens with zero attached hydrogens (tertiary/aromatic N) is 1. The summed E-state index contributed by atoms with van der Waals surface area (Å²) in [5, 5.41) is 8.98. The molecule has 12 heavy (non-hydrogen) atoms. The van der Waals surface area contributed by atoms with Gasteiger partial charge in [0.05, 0.1) is 13.2 Å². The van der Waals surface area contributed by atoms with E-state index in [2.05, 4.69) is 0 Å². The fourth-order valence-electron chi connectivity index (χ4n) is 1.07. The molecule has 1 aliphatic heterocycles. The molecule has 0 spiro atoms. The van der Waals surface area contributed by atoms with E-state index in [4.69, 9.17) is 9.84 Å². The fraction of sp³-hybridized carbons (Fsp3) is 1.00. The highest BCUT2D eigenvalue weighted by Crippen LogP contribution is 1.99. The molecule has 1 N–H and O–H groups in total. The highest BCUT2D eigenvalue weighted by atomic mass is 32.2. The zero-order valence-electron chi connectivity index (χ0n) is 6.64. The number of hydrogen-bond acceptors (Lipinski definition) is 5.